The van der Waals surface area contributed by atoms with Crippen LogP contribution < -0.4 is 5.32 Å². The number of aryl methyl sites for hydroxylation is 1. The van der Waals surface area contributed by atoms with Crippen LogP contribution in [0.1, 0.15) is 55.0 Å². The van der Waals surface area contributed by atoms with Crippen molar-refractivity contribution in [3.63, 3.8) is 0 Å². The molecule has 17 heavy (non-hydrogen) atoms. The van der Waals surface area contributed by atoms with Gasteiger partial charge >= 0.3 is 5.97 Å². The van der Waals surface area contributed by atoms with Gasteiger partial charge in [-0.25, -0.2) is 4.79 Å². The van der Waals surface area contributed by atoms with Crippen molar-refractivity contribution < 1.29 is 14.3 Å². The molecule has 0 aromatic carbocycles. The molecule has 1 atom stereocenters. The Hall–Kier alpha value is -1.29. The Balaban J connectivity index is 2.48. The van der Waals surface area contributed by atoms with Crippen LogP contribution in [0.2, 0.25) is 0 Å². The number of hydrogen-bond donors (Lipinski definition) is 2. The van der Waals surface area contributed by atoms with Crippen molar-refractivity contribution in [2.45, 2.75) is 52.6 Å². The Bertz CT molecular complexity index is 371. The van der Waals surface area contributed by atoms with Gasteiger partial charge in [-0.1, -0.05) is 19.8 Å². The van der Waals surface area contributed by atoms with Crippen LogP contribution in [0.25, 0.3) is 0 Å². The molecule has 96 valence electrons. The van der Waals surface area contributed by atoms with Crippen molar-refractivity contribution in [1.82, 2.24) is 5.32 Å². The van der Waals surface area contributed by atoms with E-state index < -0.39 is 5.97 Å². The van der Waals surface area contributed by atoms with Gasteiger partial charge in [-0.05, 0) is 26.3 Å². The maximum atomic E-state index is 10.7. The SMILES string of the molecule is CCCCC(C)NCc1cc(C(=O)O)oc1C. The van der Waals surface area contributed by atoms with Crippen molar-refractivity contribution in [3.8, 4) is 0 Å². The second kappa shape index (κ2) is 6.45. The average molecular weight is 239 g/mol. The number of aromatic carboxylic acids is 1. The van der Waals surface area contributed by atoms with Crippen molar-refractivity contribution >= 4 is 5.97 Å². The normalized spacial score (nSPS) is 12.6. The van der Waals surface area contributed by atoms with Crippen molar-refractivity contribution in [2.24, 2.45) is 0 Å². The fourth-order valence-corrected chi connectivity index (χ4v) is 1.70. The van der Waals surface area contributed by atoms with Crippen molar-refractivity contribution in [2.75, 3.05) is 0 Å². The van der Waals surface area contributed by atoms with Crippen LogP contribution in [0.5, 0.6) is 0 Å². The van der Waals surface area contributed by atoms with Crippen LogP contribution in [0.3, 0.4) is 0 Å². The first-order chi connectivity index (χ1) is 8.04. The van der Waals surface area contributed by atoms with E-state index in [1.54, 1.807) is 13.0 Å². The zero-order chi connectivity index (χ0) is 12.8. The second-order valence-electron chi connectivity index (χ2n) is 4.42. The van der Waals surface area contributed by atoms with Crippen molar-refractivity contribution in [3.05, 3.63) is 23.2 Å². The number of furan rings is 1. The molecule has 0 saturated heterocycles. The lowest BCUT2D eigenvalue weighted by molar-refractivity contribution is 0.0661. The molecule has 4 heteroatoms. The Morgan fingerprint density at radius 1 is 1.59 bits per heavy atom. The van der Waals surface area contributed by atoms with Crippen LogP contribution in [-0.4, -0.2) is 17.1 Å². The van der Waals surface area contributed by atoms with Gasteiger partial charge in [0.05, 0.1) is 0 Å². The third-order valence-corrected chi connectivity index (χ3v) is 2.86. The van der Waals surface area contributed by atoms with Crippen LogP contribution >= 0.6 is 0 Å². The van der Waals surface area contributed by atoms with E-state index in [2.05, 4.69) is 19.2 Å². The first kappa shape index (κ1) is 13.8. The van der Waals surface area contributed by atoms with Crippen LogP contribution in [0, 0.1) is 6.92 Å². The van der Waals surface area contributed by atoms with Crippen LogP contribution in [0.15, 0.2) is 10.5 Å². The molecule has 1 rings (SSSR count). The van der Waals surface area contributed by atoms with E-state index in [4.69, 9.17) is 9.52 Å². The number of carboxylic acids is 1. The molecule has 0 amide bonds. The molecule has 0 aliphatic carbocycles. The van der Waals surface area contributed by atoms with Crippen LogP contribution in [0.4, 0.5) is 0 Å². The lowest BCUT2D eigenvalue weighted by atomic mass is 10.1. The number of nitrogens with one attached hydrogen (secondary N) is 1. The van der Waals surface area contributed by atoms with Gasteiger partial charge in [0.1, 0.15) is 5.76 Å². The van der Waals surface area contributed by atoms with Gasteiger partial charge in [0.25, 0.3) is 0 Å². The summed E-state index contributed by atoms with van der Waals surface area (Å²) < 4.78 is 5.15. The molecule has 2 N–H and O–H groups in total. The van der Waals surface area contributed by atoms with Crippen LogP contribution in [-0.2, 0) is 6.54 Å². The highest BCUT2D eigenvalue weighted by molar-refractivity contribution is 5.84. The molecule has 0 bridgehead atoms. The quantitative estimate of drug-likeness (QED) is 0.768. The molecule has 0 radical (unpaired) electrons. The zero-order valence-electron chi connectivity index (χ0n) is 10.7. The summed E-state index contributed by atoms with van der Waals surface area (Å²) in [5.74, 6) is -0.323. The standard InChI is InChI=1S/C13H21NO3/c1-4-5-6-9(2)14-8-11-7-12(13(15)16)17-10(11)3/h7,9,14H,4-6,8H2,1-3H3,(H,15,16). The molecule has 1 aromatic heterocycles. The molecule has 0 aliphatic rings. The molecule has 1 unspecified atom stereocenters. The lowest BCUT2D eigenvalue weighted by Gasteiger charge is -2.12. The maximum absolute atomic E-state index is 10.7. The van der Waals surface area contributed by atoms with E-state index in [1.165, 1.54) is 12.8 Å². The van der Waals surface area contributed by atoms with E-state index in [9.17, 15) is 4.79 Å². The highest BCUT2D eigenvalue weighted by Gasteiger charge is 2.13. The van der Waals surface area contributed by atoms with Gasteiger partial charge in [0.2, 0.25) is 5.76 Å². The smallest absolute Gasteiger partial charge is 0.371 e. The van der Waals surface area contributed by atoms with Gasteiger partial charge < -0.3 is 14.8 Å². The van der Waals surface area contributed by atoms with E-state index in [0.29, 0.717) is 18.3 Å². The Kier molecular flexibility index (Phi) is 5.22. The summed E-state index contributed by atoms with van der Waals surface area (Å²) in [5, 5.41) is 12.2. The molecule has 4 nitrogen and oxygen atoms in total. The summed E-state index contributed by atoms with van der Waals surface area (Å²) in [4.78, 5) is 10.7. The van der Waals surface area contributed by atoms with Crippen molar-refractivity contribution in [1.29, 1.82) is 0 Å². The molecule has 0 spiro atoms. The monoisotopic (exact) mass is 239 g/mol. The minimum Gasteiger partial charge on any atom is -0.475 e. The molecule has 0 fully saturated rings. The minimum atomic E-state index is -1.02. The largest absolute Gasteiger partial charge is 0.475 e. The second-order valence-corrected chi connectivity index (χ2v) is 4.42. The highest BCUT2D eigenvalue weighted by Crippen LogP contribution is 2.15. The van der Waals surface area contributed by atoms with E-state index in [0.717, 1.165) is 12.0 Å². The summed E-state index contributed by atoms with van der Waals surface area (Å²) in [7, 11) is 0. The fraction of sp³-hybridized carbons (Fsp3) is 0.615. The van der Waals surface area contributed by atoms with E-state index >= 15 is 0 Å². The van der Waals surface area contributed by atoms with E-state index in [-0.39, 0.29) is 5.76 Å². The number of unbranched alkanes of at least 4 members (excludes halogenated alkanes) is 1. The first-order valence-corrected chi connectivity index (χ1v) is 6.10. The third kappa shape index (κ3) is 4.23. The summed E-state index contributed by atoms with van der Waals surface area (Å²) in [6.45, 7) is 6.77. The fourth-order valence-electron chi connectivity index (χ4n) is 1.70. The summed E-state index contributed by atoms with van der Waals surface area (Å²) in [6, 6.07) is 2.04. The Morgan fingerprint density at radius 3 is 2.82 bits per heavy atom. The van der Waals surface area contributed by atoms with Gasteiger partial charge in [0.15, 0.2) is 0 Å². The first-order valence-electron chi connectivity index (χ1n) is 6.10. The van der Waals surface area contributed by atoms with Gasteiger partial charge in [-0.3, -0.25) is 0 Å². The molecule has 0 saturated carbocycles. The topological polar surface area (TPSA) is 62.5 Å². The predicted molar refractivity (Wildman–Crippen MR) is 66.2 cm³/mol. The number of carboxylic acid groups (broad SMARTS) is 1. The molecule has 1 aromatic rings. The third-order valence-electron chi connectivity index (χ3n) is 2.86. The minimum absolute atomic E-state index is 0.0144. The van der Waals surface area contributed by atoms with Gasteiger partial charge in [0, 0.05) is 18.2 Å². The summed E-state index contributed by atoms with van der Waals surface area (Å²) in [5.41, 5.74) is 0.922. The van der Waals surface area contributed by atoms with Gasteiger partial charge in [-0.2, -0.15) is 0 Å². The van der Waals surface area contributed by atoms with E-state index in [1.807, 2.05) is 0 Å². The molecule has 0 aliphatic heterocycles. The summed E-state index contributed by atoms with van der Waals surface area (Å²) in [6.07, 6.45) is 3.54. The average Bonchev–Trinajstić information content (AvgIpc) is 2.65. The Morgan fingerprint density at radius 2 is 2.29 bits per heavy atom. The summed E-state index contributed by atoms with van der Waals surface area (Å²) >= 11 is 0. The maximum Gasteiger partial charge on any atom is 0.371 e. The Labute approximate surface area is 102 Å². The number of hydrogen-bond acceptors (Lipinski definition) is 3. The molecular formula is C13H21NO3. The molecular weight excluding hydrogens is 218 g/mol. The number of rotatable bonds is 7. The zero-order valence-corrected chi connectivity index (χ0v) is 10.7. The number of carbonyl (C=O) groups is 1. The lowest BCUT2D eigenvalue weighted by Crippen LogP contribution is -2.25. The predicted octanol–water partition coefficient (Wildman–Crippen LogP) is 2.95. The van der Waals surface area contributed by atoms with Gasteiger partial charge in [-0.15, -0.1) is 0 Å². The molecule has 1 heterocycles. The highest BCUT2D eigenvalue weighted by atomic mass is 16.4.